The Balaban J connectivity index is 1.50. The van der Waals surface area contributed by atoms with E-state index in [-0.39, 0.29) is 37.4 Å². The fourth-order valence-electron chi connectivity index (χ4n) is 2.96. The maximum atomic E-state index is 12.5. The molecule has 0 radical (unpaired) electrons. The lowest BCUT2D eigenvalue weighted by Crippen LogP contribution is -2.38. The summed E-state index contributed by atoms with van der Waals surface area (Å²) in [6.45, 7) is 2.08. The van der Waals surface area contributed by atoms with Gasteiger partial charge in [-0.25, -0.2) is 0 Å². The van der Waals surface area contributed by atoms with Crippen LogP contribution < -0.4 is 16.0 Å². The Morgan fingerprint density at radius 2 is 1.72 bits per heavy atom. The maximum absolute atomic E-state index is 12.5. The van der Waals surface area contributed by atoms with Crippen molar-refractivity contribution in [2.45, 2.75) is 13.5 Å². The van der Waals surface area contributed by atoms with Gasteiger partial charge in [0, 0.05) is 18.4 Å². The third kappa shape index (κ3) is 6.46. The Labute approximate surface area is 186 Å². The fraction of sp³-hybridized carbons (Fsp3) is 0.208. The average molecular weight is 434 g/mol. The molecule has 166 valence electrons. The fourth-order valence-corrected chi connectivity index (χ4v) is 2.96. The summed E-state index contributed by atoms with van der Waals surface area (Å²) >= 11 is 0. The van der Waals surface area contributed by atoms with Crippen LogP contribution in [-0.4, -0.2) is 42.8 Å². The highest BCUT2D eigenvalue weighted by atomic mass is 16.3. The number of hydrogen-bond acceptors (Lipinski definition) is 5. The molecular formula is C24H26N4O4. The minimum absolute atomic E-state index is 0.0587. The number of amides is 3. The van der Waals surface area contributed by atoms with Gasteiger partial charge in [0.25, 0.3) is 5.91 Å². The number of aryl methyl sites for hydroxylation is 1. The van der Waals surface area contributed by atoms with E-state index in [2.05, 4.69) is 16.0 Å². The summed E-state index contributed by atoms with van der Waals surface area (Å²) < 4.78 is 5.22. The quantitative estimate of drug-likeness (QED) is 0.480. The molecule has 0 spiro atoms. The van der Waals surface area contributed by atoms with Crippen molar-refractivity contribution < 1.29 is 18.8 Å². The van der Waals surface area contributed by atoms with E-state index in [1.807, 2.05) is 31.2 Å². The van der Waals surface area contributed by atoms with Crippen LogP contribution in [0.2, 0.25) is 0 Å². The smallest absolute Gasteiger partial charge is 0.253 e. The number of likely N-dealkylation sites (N-methyl/N-ethyl adjacent to an activating group) is 1. The van der Waals surface area contributed by atoms with E-state index in [0.29, 0.717) is 22.7 Å². The molecule has 0 aliphatic carbocycles. The number of nitrogens with zero attached hydrogens (tertiary/aromatic N) is 1. The summed E-state index contributed by atoms with van der Waals surface area (Å²) in [6.07, 6.45) is 1.54. The third-order valence-electron chi connectivity index (χ3n) is 4.75. The van der Waals surface area contributed by atoms with E-state index in [1.165, 1.54) is 4.90 Å². The van der Waals surface area contributed by atoms with E-state index >= 15 is 0 Å². The Kier molecular flexibility index (Phi) is 7.64. The molecule has 8 nitrogen and oxygen atoms in total. The van der Waals surface area contributed by atoms with Gasteiger partial charge < -0.3 is 25.3 Å². The molecule has 0 fully saturated rings. The molecule has 32 heavy (non-hydrogen) atoms. The van der Waals surface area contributed by atoms with Crippen LogP contribution >= 0.6 is 0 Å². The number of carbonyl (C=O) groups excluding carboxylic acids is 3. The van der Waals surface area contributed by atoms with E-state index in [4.69, 9.17) is 4.42 Å². The second-order valence-corrected chi connectivity index (χ2v) is 7.33. The van der Waals surface area contributed by atoms with Crippen molar-refractivity contribution in [1.29, 1.82) is 0 Å². The lowest BCUT2D eigenvalue weighted by Gasteiger charge is -2.18. The zero-order valence-corrected chi connectivity index (χ0v) is 18.1. The Bertz CT molecular complexity index is 1060. The predicted molar refractivity (Wildman–Crippen MR) is 122 cm³/mol. The lowest BCUT2D eigenvalue weighted by atomic mass is 10.1. The van der Waals surface area contributed by atoms with Gasteiger partial charge in [0.05, 0.1) is 31.5 Å². The molecule has 0 aliphatic heterocycles. The first-order chi connectivity index (χ1) is 15.4. The molecule has 0 saturated carbocycles. The van der Waals surface area contributed by atoms with Crippen molar-refractivity contribution in [3.63, 3.8) is 0 Å². The van der Waals surface area contributed by atoms with Crippen LogP contribution in [0, 0.1) is 6.92 Å². The first-order valence-corrected chi connectivity index (χ1v) is 10.2. The van der Waals surface area contributed by atoms with E-state index in [9.17, 15) is 14.4 Å². The second kappa shape index (κ2) is 10.8. The maximum Gasteiger partial charge on any atom is 0.253 e. The predicted octanol–water partition coefficient (Wildman–Crippen LogP) is 3.03. The molecule has 0 bridgehead atoms. The summed E-state index contributed by atoms with van der Waals surface area (Å²) in [5.74, 6) is -0.218. The number of benzene rings is 2. The first kappa shape index (κ1) is 22.6. The monoisotopic (exact) mass is 434 g/mol. The zero-order chi connectivity index (χ0) is 22.9. The molecule has 0 aliphatic rings. The number of rotatable bonds is 9. The van der Waals surface area contributed by atoms with E-state index in [1.54, 1.807) is 49.7 Å². The second-order valence-electron chi connectivity index (χ2n) is 7.33. The molecule has 0 saturated heterocycles. The Morgan fingerprint density at radius 3 is 2.44 bits per heavy atom. The van der Waals surface area contributed by atoms with Gasteiger partial charge in [0.1, 0.15) is 5.76 Å². The Morgan fingerprint density at radius 1 is 0.969 bits per heavy atom. The number of anilines is 2. The van der Waals surface area contributed by atoms with Crippen molar-refractivity contribution in [1.82, 2.24) is 10.2 Å². The van der Waals surface area contributed by atoms with Gasteiger partial charge >= 0.3 is 0 Å². The Hall–Kier alpha value is -4.07. The topological polar surface area (TPSA) is 104 Å². The van der Waals surface area contributed by atoms with Crippen molar-refractivity contribution in [3.05, 3.63) is 83.8 Å². The number of nitrogens with one attached hydrogen (secondary N) is 3. The van der Waals surface area contributed by atoms with Gasteiger partial charge in [-0.3, -0.25) is 14.4 Å². The van der Waals surface area contributed by atoms with Gasteiger partial charge in [-0.15, -0.1) is 0 Å². The van der Waals surface area contributed by atoms with Crippen molar-refractivity contribution in [2.24, 2.45) is 0 Å². The molecule has 3 rings (SSSR count). The van der Waals surface area contributed by atoms with Crippen molar-refractivity contribution in [2.75, 3.05) is 30.8 Å². The lowest BCUT2D eigenvalue weighted by molar-refractivity contribution is -0.131. The molecule has 3 amide bonds. The van der Waals surface area contributed by atoms with Gasteiger partial charge in [0.15, 0.2) is 0 Å². The van der Waals surface area contributed by atoms with Crippen LogP contribution in [0.1, 0.15) is 21.7 Å². The highest BCUT2D eigenvalue weighted by Gasteiger charge is 2.15. The largest absolute Gasteiger partial charge is 0.467 e. The molecular weight excluding hydrogens is 408 g/mol. The summed E-state index contributed by atoms with van der Waals surface area (Å²) in [7, 11) is 1.56. The molecule has 8 heteroatoms. The summed E-state index contributed by atoms with van der Waals surface area (Å²) in [5, 5.41) is 8.54. The summed E-state index contributed by atoms with van der Waals surface area (Å²) in [5.41, 5.74) is 2.70. The van der Waals surface area contributed by atoms with Gasteiger partial charge in [-0.1, -0.05) is 29.8 Å². The molecule has 1 aromatic heterocycles. The average Bonchev–Trinajstić information content (AvgIpc) is 3.31. The molecule has 3 aromatic rings. The van der Waals surface area contributed by atoms with Gasteiger partial charge in [-0.05, 0) is 43.3 Å². The van der Waals surface area contributed by atoms with Crippen LogP contribution in [0.4, 0.5) is 11.4 Å². The molecule has 0 atom stereocenters. The van der Waals surface area contributed by atoms with E-state index in [0.717, 1.165) is 5.56 Å². The molecule has 2 aromatic carbocycles. The highest BCUT2D eigenvalue weighted by Crippen LogP contribution is 2.15. The molecule has 3 N–H and O–H groups in total. The van der Waals surface area contributed by atoms with Crippen LogP contribution in [0.25, 0.3) is 0 Å². The standard InChI is InChI=1S/C24H26N4O4/c1-17-9-11-18(12-10-17)27-22(29)16-28(2)23(30)15-25-21-8-4-3-7-20(21)24(31)26-14-19-6-5-13-32-19/h3-13,25H,14-16H2,1-2H3,(H,26,31)(H,27,29). The number of furan rings is 1. The van der Waals surface area contributed by atoms with Gasteiger partial charge in [-0.2, -0.15) is 0 Å². The van der Waals surface area contributed by atoms with E-state index < -0.39 is 0 Å². The van der Waals surface area contributed by atoms with Crippen LogP contribution in [0.5, 0.6) is 0 Å². The molecule has 1 heterocycles. The van der Waals surface area contributed by atoms with Crippen molar-refractivity contribution in [3.8, 4) is 0 Å². The minimum atomic E-state index is -0.289. The van der Waals surface area contributed by atoms with Crippen molar-refractivity contribution >= 4 is 29.1 Å². The third-order valence-corrected chi connectivity index (χ3v) is 4.75. The summed E-state index contributed by atoms with van der Waals surface area (Å²) in [6, 6.07) is 17.9. The summed E-state index contributed by atoms with van der Waals surface area (Å²) in [4.78, 5) is 38.6. The number of para-hydroxylation sites is 1. The van der Waals surface area contributed by atoms with Crippen LogP contribution in [0.3, 0.4) is 0 Å². The SMILES string of the molecule is Cc1ccc(NC(=O)CN(C)C(=O)CNc2ccccc2C(=O)NCc2ccco2)cc1. The van der Waals surface area contributed by atoms with Gasteiger partial charge in [0.2, 0.25) is 11.8 Å². The zero-order valence-electron chi connectivity index (χ0n) is 18.1. The number of carbonyl (C=O) groups is 3. The van der Waals surface area contributed by atoms with Crippen LogP contribution in [0.15, 0.2) is 71.3 Å². The number of hydrogen-bond donors (Lipinski definition) is 3. The minimum Gasteiger partial charge on any atom is -0.467 e. The van der Waals surface area contributed by atoms with Crippen LogP contribution in [-0.2, 0) is 16.1 Å². The normalized spacial score (nSPS) is 10.3. The highest BCUT2D eigenvalue weighted by molar-refractivity contribution is 6.00. The first-order valence-electron chi connectivity index (χ1n) is 10.2. The molecule has 0 unspecified atom stereocenters.